The molecule has 2 rings (SSSR count). The SMILES string of the molecule is C=CCNC(=O)C(C)Sc1nncn1-c1ccc(OC)nc1. The Labute approximate surface area is 132 Å². The fourth-order valence-corrected chi connectivity index (χ4v) is 2.51. The maximum Gasteiger partial charge on any atom is 0.233 e. The summed E-state index contributed by atoms with van der Waals surface area (Å²) in [4.78, 5) is 16.0. The quantitative estimate of drug-likeness (QED) is 0.614. The number of carbonyl (C=O) groups is 1. The molecular formula is C14H17N5O2S. The number of hydrogen-bond donors (Lipinski definition) is 1. The van der Waals surface area contributed by atoms with Crippen molar-refractivity contribution in [3.05, 3.63) is 37.3 Å². The topological polar surface area (TPSA) is 81.9 Å². The van der Waals surface area contributed by atoms with Gasteiger partial charge in [0, 0.05) is 12.6 Å². The van der Waals surface area contributed by atoms with Crippen LogP contribution < -0.4 is 10.1 Å². The second kappa shape index (κ2) is 7.60. The van der Waals surface area contributed by atoms with Crippen LogP contribution in [0.25, 0.3) is 5.69 Å². The lowest BCUT2D eigenvalue weighted by molar-refractivity contribution is -0.120. The lowest BCUT2D eigenvalue weighted by Crippen LogP contribution is -2.31. The Morgan fingerprint density at radius 3 is 3.05 bits per heavy atom. The zero-order chi connectivity index (χ0) is 15.9. The molecule has 7 nitrogen and oxygen atoms in total. The van der Waals surface area contributed by atoms with Crippen molar-refractivity contribution < 1.29 is 9.53 Å². The van der Waals surface area contributed by atoms with Gasteiger partial charge in [0.05, 0.1) is 24.2 Å². The first-order chi connectivity index (χ1) is 10.7. The number of amides is 1. The minimum Gasteiger partial charge on any atom is -0.481 e. The van der Waals surface area contributed by atoms with Gasteiger partial charge in [0.2, 0.25) is 11.8 Å². The first-order valence-corrected chi connectivity index (χ1v) is 7.49. The molecule has 8 heteroatoms. The lowest BCUT2D eigenvalue weighted by Gasteiger charge is -2.11. The van der Waals surface area contributed by atoms with Crippen molar-refractivity contribution in [3.63, 3.8) is 0 Å². The van der Waals surface area contributed by atoms with Crippen molar-refractivity contribution in [2.24, 2.45) is 0 Å². The van der Waals surface area contributed by atoms with E-state index in [2.05, 4.69) is 27.1 Å². The molecule has 2 heterocycles. The Bertz CT molecular complexity index is 641. The molecule has 2 aromatic heterocycles. The maximum absolute atomic E-state index is 11.9. The van der Waals surface area contributed by atoms with Crippen LogP contribution in [0.15, 0.2) is 42.5 Å². The van der Waals surface area contributed by atoms with Crippen molar-refractivity contribution in [3.8, 4) is 11.6 Å². The number of rotatable bonds is 7. The molecular weight excluding hydrogens is 302 g/mol. The molecule has 0 radical (unpaired) electrons. The van der Waals surface area contributed by atoms with E-state index in [0.717, 1.165) is 5.69 Å². The minimum absolute atomic E-state index is 0.0766. The summed E-state index contributed by atoms with van der Waals surface area (Å²) in [6.07, 6.45) is 4.88. The van der Waals surface area contributed by atoms with Gasteiger partial charge in [-0.2, -0.15) is 0 Å². The molecule has 0 fully saturated rings. The fourth-order valence-electron chi connectivity index (χ4n) is 1.65. The Hall–Kier alpha value is -2.35. The zero-order valence-electron chi connectivity index (χ0n) is 12.4. The Morgan fingerprint density at radius 2 is 2.41 bits per heavy atom. The summed E-state index contributed by atoms with van der Waals surface area (Å²) in [7, 11) is 1.56. The predicted molar refractivity (Wildman–Crippen MR) is 84.2 cm³/mol. The van der Waals surface area contributed by atoms with E-state index in [1.54, 1.807) is 36.3 Å². The van der Waals surface area contributed by atoms with Crippen LogP contribution in [0.1, 0.15) is 6.92 Å². The molecule has 1 atom stereocenters. The molecule has 0 aliphatic carbocycles. The molecule has 0 bridgehead atoms. The van der Waals surface area contributed by atoms with Crippen molar-refractivity contribution in [2.75, 3.05) is 13.7 Å². The van der Waals surface area contributed by atoms with Crippen LogP contribution in [-0.4, -0.2) is 44.6 Å². The minimum atomic E-state index is -0.297. The molecule has 1 unspecified atom stereocenters. The van der Waals surface area contributed by atoms with Crippen LogP contribution in [0.2, 0.25) is 0 Å². The van der Waals surface area contributed by atoms with Crippen LogP contribution in [0.5, 0.6) is 5.88 Å². The summed E-state index contributed by atoms with van der Waals surface area (Å²) < 4.78 is 6.80. The third-order valence-electron chi connectivity index (χ3n) is 2.80. The third-order valence-corrected chi connectivity index (χ3v) is 3.85. The van der Waals surface area contributed by atoms with Crippen molar-refractivity contribution in [1.82, 2.24) is 25.1 Å². The van der Waals surface area contributed by atoms with Crippen molar-refractivity contribution >= 4 is 17.7 Å². The van der Waals surface area contributed by atoms with Gasteiger partial charge >= 0.3 is 0 Å². The summed E-state index contributed by atoms with van der Waals surface area (Å²) >= 11 is 1.32. The molecule has 0 saturated carbocycles. The summed E-state index contributed by atoms with van der Waals surface area (Å²) in [5.74, 6) is 0.454. The number of thioether (sulfide) groups is 1. The van der Waals surface area contributed by atoms with Gasteiger partial charge in [0.1, 0.15) is 6.33 Å². The number of methoxy groups -OCH3 is 1. The van der Waals surface area contributed by atoms with E-state index >= 15 is 0 Å². The Balaban J connectivity index is 2.11. The van der Waals surface area contributed by atoms with E-state index in [9.17, 15) is 4.79 Å². The van der Waals surface area contributed by atoms with E-state index in [-0.39, 0.29) is 11.2 Å². The van der Waals surface area contributed by atoms with Crippen LogP contribution >= 0.6 is 11.8 Å². The monoisotopic (exact) mass is 319 g/mol. The number of pyridine rings is 1. The highest BCUT2D eigenvalue weighted by atomic mass is 32.2. The second-order valence-corrected chi connectivity index (χ2v) is 5.64. The maximum atomic E-state index is 11.9. The summed E-state index contributed by atoms with van der Waals surface area (Å²) in [5, 5.41) is 11.0. The number of nitrogens with one attached hydrogen (secondary N) is 1. The highest BCUT2D eigenvalue weighted by molar-refractivity contribution is 8.00. The fraction of sp³-hybridized carbons (Fsp3) is 0.286. The van der Waals surface area contributed by atoms with Crippen LogP contribution in [-0.2, 0) is 4.79 Å². The number of aromatic nitrogens is 4. The van der Waals surface area contributed by atoms with Gasteiger partial charge in [-0.3, -0.25) is 9.36 Å². The van der Waals surface area contributed by atoms with E-state index in [1.807, 2.05) is 13.0 Å². The number of carbonyl (C=O) groups excluding carboxylic acids is 1. The van der Waals surface area contributed by atoms with Crippen molar-refractivity contribution in [1.29, 1.82) is 0 Å². The number of nitrogens with zero attached hydrogens (tertiary/aromatic N) is 4. The first-order valence-electron chi connectivity index (χ1n) is 6.61. The van der Waals surface area contributed by atoms with Gasteiger partial charge in [0.25, 0.3) is 0 Å². The molecule has 0 spiro atoms. The second-order valence-electron chi connectivity index (χ2n) is 4.34. The Kier molecular flexibility index (Phi) is 5.54. The molecule has 0 aliphatic rings. The lowest BCUT2D eigenvalue weighted by atomic mass is 10.4. The summed E-state index contributed by atoms with van der Waals surface area (Å²) in [6, 6.07) is 3.60. The van der Waals surface area contributed by atoms with Gasteiger partial charge in [0.15, 0.2) is 5.16 Å². The third kappa shape index (κ3) is 3.85. The summed E-state index contributed by atoms with van der Waals surface area (Å²) in [5.41, 5.74) is 0.798. The number of ether oxygens (including phenoxy) is 1. The predicted octanol–water partition coefficient (Wildman–Crippen LogP) is 1.45. The first kappa shape index (κ1) is 16.0. The van der Waals surface area contributed by atoms with Gasteiger partial charge in [-0.1, -0.05) is 17.8 Å². The highest BCUT2D eigenvalue weighted by Gasteiger charge is 2.17. The molecule has 0 saturated heterocycles. The normalized spacial score (nSPS) is 11.7. The molecule has 116 valence electrons. The molecule has 2 aromatic rings. The van der Waals surface area contributed by atoms with Gasteiger partial charge in [-0.05, 0) is 13.0 Å². The smallest absolute Gasteiger partial charge is 0.233 e. The zero-order valence-corrected chi connectivity index (χ0v) is 13.2. The van der Waals surface area contributed by atoms with Crippen LogP contribution in [0, 0.1) is 0 Å². The van der Waals surface area contributed by atoms with Gasteiger partial charge in [-0.25, -0.2) is 4.98 Å². The molecule has 1 N–H and O–H groups in total. The molecule has 22 heavy (non-hydrogen) atoms. The van der Waals surface area contributed by atoms with Crippen LogP contribution in [0.4, 0.5) is 0 Å². The van der Waals surface area contributed by atoms with Gasteiger partial charge in [-0.15, -0.1) is 16.8 Å². The molecule has 0 aromatic carbocycles. The van der Waals surface area contributed by atoms with Gasteiger partial charge < -0.3 is 10.1 Å². The average molecular weight is 319 g/mol. The van der Waals surface area contributed by atoms with E-state index < -0.39 is 0 Å². The molecule has 0 aliphatic heterocycles. The summed E-state index contributed by atoms with van der Waals surface area (Å²) in [6.45, 7) is 5.83. The average Bonchev–Trinajstić information content (AvgIpc) is 3.00. The van der Waals surface area contributed by atoms with E-state index in [1.165, 1.54) is 11.8 Å². The van der Waals surface area contributed by atoms with Crippen LogP contribution in [0.3, 0.4) is 0 Å². The highest BCUT2D eigenvalue weighted by Crippen LogP contribution is 2.24. The largest absolute Gasteiger partial charge is 0.481 e. The Morgan fingerprint density at radius 1 is 1.59 bits per heavy atom. The standard InChI is InChI=1S/C14H17N5O2S/c1-4-7-15-13(20)10(2)22-14-18-17-9-19(14)11-5-6-12(21-3)16-8-11/h4-6,8-10H,1,7H2,2-3H3,(H,15,20). The van der Waals surface area contributed by atoms with E-state index in [4.69, 9.17) is 4.74 Å². The molecule has 1 amide bonds. The number of hydrogen-bond acceptors (Lipinski definition) is 6. The van der Waals surface area contributed by atoms with Crippen molar-refractivity contribution in [2.45, 2.75) is 17.3 Å². The van der Waals surface area contributed by atoms with E-state index in [0.29, 0.717) is 17.6 Å².